The largest absolute Gasteiger partial charge is 0.382 e. The summed E-state index contributed by atoms with van der Waals surface area (Å²) >= 11 is 4.86. The number of hydrogen-bond donors (Lipinski definition) is 2. The van der Waals surface area contributed by atoms with Gasteiger partial charge in [-0.1, -0.05) is 0 Å². The molecule has 2 aromatic rings. The monoisotopic (exact) mass is 243 g/mol. The van der Waals surface area contributed by atoms with Gasteiger partial charge in [-0.25, -0.2) is 4.98 Å². The van der Waals surface area contributed by atoms with Gasteiger partial charge in [0.2, 0.25) is 0 Å². The van der Waals surface area contributed by atoms with Crippen molar-refractivity contribution < 1.29 is 0 Å². The molecule has 0 radical (unpaired) electrons. The number of thiazole rings is 1. The van der Waals surface area contributed by atoms with Gasteiger partial charge in [-0.3, -0.25) is 0 Å². The molecule has 0 atom stereocenters. The minimum absolute atomic E-state index is 0.552. The number of nitrogens with two attached hydrogens (primary N) is 1. The van der Waals surface area contributed by atoms with Gasteiger partial charge in [0, 0.05) is 18.0 Å². The first kappa shape index (κ1) is 7.82. The molecular weight excluding hydrogens is 238 g/mol. The minimum Gasteiger partial charge on any atom is -0.382 e. The quantitative estimate of drug-likeness (QED) is 0.809. The van der Waals surface area contributed by atoms with Crippen molar-refractivity contribution in [1.29, 1.82) is 0 Å². The molecule has 3 N–H and O–H groups in total. The molecule has 0 aliphatic rings. The lowest BCUT2D eigenvalue weighted by Crippen LogP contribution is -1.83. The van der Waals surface area contributed by atoms with Crippen LogP contribution in [0.15, 0.2) is 22.2 Å². The molecule has 0 bridgehead atoms. The van der Waals surface area contributed by atoms with Crippen LogP contribution in [0.5, 0.6) is 0 Å². The highest BCUT2D eigenvalue weighted by Crippen LogP contribution is 2.32. The first-order valence-corrected chi connectivity index (χ1v) is 4.93. The molecular formula is C7H6BrN3S. The van der Waals surface area contributed by atoms with Crippen molar-refractivity contribution in [3.8, 4) is 10.6 Å². The molecule has 62 valence electrons. The lowest BCUT2D eigenvalue weighted by atomic mass is 10.4. The zero-order valence-corrected chi connectivity index (χ0v) is 8.45. The van der Waals surface area contributed by atoms with Gasteiger partial charge in [0.05, 0.1) is 0 Å². The average molecular weight is 244 g/mol. The lowest BCUT2D eigenvalue weighted by molar-refractivity contribution is 1.39. The summed E-state index contributed by atoms with van der Waals surface area (Å²) in [5.74, 6) is 0.552. The fourth-order valence-electron chi connectivity index (χ4n) is 0.894. The second-order valence-corrected chi connectivity index (χ2v) is 4.59. The van der Waals surface area contributed by atoms with Gasteiger partial charge in [-0.05, 0) is 22.0 Å². The van der Waals surface area contributed by atoms with E-state index >= 15 is 0 Å². The van der Waals surface area contributed by atoms with E-state index in [0.29, 0.717) is 5.82 Å². The average Bonchev–Trinajstić information content (AvgIpc) is 2.61. The van der Waals surface area contributed by atoms with Gasteiger partial charge >= 0.3 is 0 Å². The molecule has 3 nitrogen and oxygen atoms in total. The Labute approximate surface area is 81.8 Å². The maximum absolute atomic E-state index is 5.59. The molecule has 5 heteroatoms. The van der Waals surface area contributed by atoms with Gasteiger partial charge in [0.25, 0.3) is 0 Å². The number of H-pyrrole nitrogens is 1. The highest BCUT2D eigenvalue weighted by atomic mass is 79.9. The Morgan fingerprint density at radius 2 is 2.42 bits per heavy atom. The van der Waals surface area contributed by atoms with Crippen LogP contribution in [0.1, 0.15) is 0 Å². The third-order valence-electron chi connectivity index (χ3n) is 1.45. The van der Waals surface area contributed by atoms with Crippen molar-refractivity contribution in [1.82, 2.24) is 9.97 Å². The number of aromatic nitrogens is 2. The lowest BCUT2D eigenvalue weighted by Gasteiger charge is -1.84. The minimum atomic E-state index is 0.552. The van der Waals surface area contributed by atoms with Crippen LogP contribution < -0.4 is 5.73 Å². The topological polar surface area (TPSA) is 54.7 Å². The smallest absolute Gasteiger partial charge is 0.149 e. The Balaban J connectivity index is 2.48. The maximum Gasteiger partial charge on any atom is 0.149 e. The zero-order chi connectivity index (χ0) is 8.55. The summed E-state index contributed by atoms with van der Waals surface area (Å²) in [6.45, 7) is 0. The van der Waals surface area contributed by atoms with Gasteiger partial charge in [-0.2, -0.15) is 0 Å². The Morgan fingerprint density at radius 3 is 2.92 bits per heavy atom. The third kappa shape index (κ3) is 1.25. The zero-order valence-electron chi connectivity index (χ0n) is 6.04. The van der Waals surface area contributed by atoms with Crippen molar-refractivity contribution in [2.24, 2.45) is 0 Å². The van der Waals surface area contributed by atoms with Crippen LogP contribution in [0.4, 0.5) is 5.82 Å². The van der Waals surface area contributed by atoms with Crippen LogP contribution in [-0.4, -0.2) is 9.97 Å². The molecule has 0 spiro atoms. The van der Waals surface area contributed by atoms with E-state index in [1.807, 2.05) is 18.5 Å². The van der Waals surface area contributed by atoms with Crippen LogP contribution in [0.2, 0.25) is 0 Å². The number of anilines is 1. The van der Waals surface area contributed by atoms with Gasteiger partial charge in [0.15, 0.2) is 0 Å². The molecule has 0 aliphatic carbocycles. The van der Waals surface area contributed by atoms with E-state index in [2.05, 4.69) is 25.9 Å². The number of nitrogens with zero attached hydrogens (tertiary/aromatic N) is 1. The summed E-state index contributed by atoms with van der Waals surface area (Å²) in [6.07, 6.45) is 3.76. The number of nitrogen functional groups attached to an aromatic ring is 1. The van der Waals surface area contributed by atoms with E-state index in [9.17, 15) is 0 Å². The second-order valence-electron chi connectivity index (χ2n) is 2.28. The molecule has 12 heavy (non-hydrogen) atoms. The highest BCUT2D eigenvalue weighted by molar-refractivity contribution is 9.11. The van der Waals surface area contributed by atoms with Crippen LogP contribution in [0.25, 0.3) is 10.6 Å². The van der Waals surface area contributed by atoms with Crippen LogP contribution in [0.3, 0.4) is 0 Å². The summed E-state index contributed by atoms with van der Waals surface area (Å²) < 4.78 is 0.888. The van der Waals surface area contributed by atoms with E-state index in [4.69, 9.17) is 5.73 Å². The molecule has 0 unspecified atom stereocenters. The fourth-order valence-corrected chi connectivity index (χ4v) is 2.15. The number of nitrogens with one attached hydrogen (secondary N) is 1. The fraction of sp³-hybridized carbons (Fsp3) is 0. The Morgan fingerprint density at radius 1 is 1.58 bits per heavy atom. The molecule has 0 fully saturated rings. The first-order chi connectivity index (χ1) is 5.77. The van der Waals surface area contributed by atoms with Crippen molar-refractivity contribution in [2.75, 3.05) is 5.73 Å². The van der Waals surface area contributed by atoms with Crippen LogP contribution in [-0.2, 0) is 0 Å². The van der Waals surface area contributed by atoms with Gasteiger partial charge in [-0.15, -0.1) is 11.3 Å². The summed E-state index contributed by atoms with van der Waals surface area (Å²) in [5.41, 5.74) is 6.66. The van der Waals surface area contributed by atoms with Crippen molar-refractivity contribution in [2.45, 2.75) is 0 Å². The Hall–Kier alpha value is -0.810. The van der Waals surface area contributed by atoms with Gasteiger partial charge < -0.3 is 10.7 Å². The van der Waals surface area contributed by atoms with Crippen LogP contribution >= 0.6 is 27.3 Å². The molecule has 0 aliphatic heterocycles. The predicted octanol–water partition coefficient (Wildman–Crippen LogP) is 2.48. The highest BCUT2D eigenvalue weighted by Gasteiger charge is 2.07. The molecule has 0 saturated heterocycles. The molecule has 2 aromatic heterocycles. The Bertz CT molecular complexity index is 360. The molecule has 0 saturated carbocycles. The summed E-state index contributed by atoms with van der Waals surface area (Å²) in [5, 5.41) is 0.931. The van der Waals surface area contributed by atoms with Crippen molar-refractivity contribution >= 4 is 33.1 Å². The standard InChI is InChI=1S/C7H6BrN3S/c8-5-6(9)11-7(12-5)4-1-2-10-3-4/h1-3,10H,9H2. The molecule has 0 aromatic carbocycles. The normalized spacial score (nSPS) is 10.4. The molecule has 0 amide bonds. The third-order valence-corrected chi connectivity index (χ3v) is 3.26. The van der Waals surface area contributed by atoms with E-state index in [0.717, 1.165) is 14.4 Å². The van der Waals surface area contributed by atoms with E-state index < -0.39 is 0 Å². The van der Waals surface area contributed by atoms with E-state index in [1.165, 1.54) is 11.3 Å². The SMILES string of the molecule is Nc1nc(-c2cc[nH]c2)sc1Br. The number of hydrogen-bond acceptors (Lipinski definition) is 3. The maximum atomic E-state index is 5.59. The molecule has 2 heterocycles. The van der Waals surface area contributed by atoms with Crippen LogP contribution in [0, 0.1) is 0 Å². The predicted molar refractivity (Wildman–Crippen MR) is 54.0 cm³/mol. The van der Waals surface area contributed by atoms with Crippen molar-refractivity contribution in [3.63, 3.8) is 0 Å². The van der Waals surface area contributed by atoms with Crippen molar-refractivity contribution in [3.05, 3.63) is 22.2 Å². The van der Waals surface area contributed by atoms with E-state index in [1.54, 1.807) is 0 Å². The van der Waals surface area contributed by atoms with Gasteiger partial charge in [0.1, 0.15) is 14.6 Å². The summed E-state index contributed by atoms with van der Waals surface area (Å²) in [7, 11) is 0. The summed E-state index contributed by atoms with van der Waals surface area (Å²) in [4.78, 5) is 7.15. The Kier molecular flexibility index (Phi) is 1.90. The molecule has 2 rings (SSSR count). The number of halogens is 1. The first-order valence-electron chi connectivity index (χ1n) is 3.32. The number of aromatic amines is 1. The number of rotatable bonds is 1. The summed E-state index contributed by atoms with van der Waals surface area (Å²) in [6, 6.07) is 1.96. The second kappa shape index (κ2) is 2.91. The van der Waals surface area contributed by atoms with E-state index in [-0.39, 0.29) is 0 Å².